The molecule has 8 aromatic rings. The van der Waals surface area contributed by atoms with Gasteiger partial charge in [-0.05, 0) is 64.2 Å². The largest absolute Gasteiger partial charge is 0.311 e. The molecular formula is C42H30N4. The molecule has 8 rings (SSSR count). The van der Waals surface area contributed by atoms with Crippen molar-refractivity contribution >= 4 is 28.2 Å². The first-order chi connectivity index (χ1) is 22.8. The number of benzene rings is 6. The number of para-hydroxylation sites is 2. The molecule has 0 unspecified atom stereocenters. The molecule has 4 nitrogen and oxygen atoms in total. The topological polar surface area (TPSA) is 34.0 Å². The summed E-state index contributed by atoms with van der Waals surface area (Å²) in [5.41, 5.74) is 11.7. The molecule has 0 fully saturated rings. The number of anilines is 3. The van der Waals surface area contributed by atoms with E-state index in [2.05, 4.69) is 161 Å². The molecule has 0 saturated heterocycles. The Morgan fingerprint density at radius 3 is 1.54 bits per heavy atom. The van der Waals surface area contributed by atoms with Crippen LogP contribution in [0.1, 0.15) is 0 Å². The highest BCUT2D eigenvalue weighted by Gasteiger charge is 2.23. The van der Waals surface area contributed by atoms with E-state index in [1.165, 1.54) is 16.7 Å². The van der Waals surface area contributed by atoms with E-state index in [1.54, 1.807) is 6.33 Å². The fourth-order valence-electron chi connectivity index (χ4n) is 6.11. The Balaban J connectivity index is 1.37. The van der Waals surface area contributed by atoms with E-state index < -0.39 is 0 Å². The molecule has 0 bridgehead atoms. The van der Waals surface area contributed by atoms with Gasteiger partial charge in [0.1, 0.15) is 17.4 Å². The Kier molecular flexibility index (Phi) is 7.14. The summed E-state index contributed by atoms with van der Waals surface area (Å²) in [5, 5.41) is 0. The quantitative estimate of drug-likeness (QED) is 0.185. The summed E-state index contributed by atoms with van der Waals surface area (Å²) in [6, 6.07) is 59.2. The smallest absolute Gasteiger partial charge is 0.166 e. The lowest BCUT2D eigenvalue weighted by Gasteiger charge is -2.25. The van der Waals surface area contributed by atoms with Gasteiger partial charge in [-0.2, -0.15) is 0 Å². The standard InChI is InChI=1S/C42H30N4/c1-5-14-31(15-6-1)33-24-26-34(27-25-33)39-29-45(38-23-13-18-35(28-38)32-16-7-2-8-17-32)41-40(39)43-30-44-42(41)46(36-19-9-3-10-20-36)37-21-11-4-12-22-37/h1-30H. The van der Waals surface area contributed by atoms with Gasteiger partial charge in [-0.3, -0.25) is 4.90 Å². The maximum absolute atomic E-state index is 4.98. The van der Waals surface area contributed by atoms with Crippen LogP contribution < -0.4 is 4.90 Å². The van der Waals surface area contributed by atoms with Gasteiger partial charge in [0.25, 0.3) is 0 Å². The lowest BCUT2D eigenvalue weighted by atomic mass is 10.0. The van der Waals surface area contributed by atoms with Crippen LogP contribution in [0.4, 0.5) is 17.2 Å². The highest BCUT2D eigenvalue weighted by atomic mass is 15.2. The van der Waals surface area contributed by atoms with Crippen molar-refractivity contribution in [1.29, 1.82) is 0 Å². The molecule has 218 valence electrons. The van der Waals surface area contributed by atoms with Crippen LogP contribution in [0, 0.1) is 0 Å². The van der Waals surface area contributed by atoms with Gasteiger partial charge in [0.05, 0.1) is 0 Å². The van der Waals surface area contributed by atoms with Crippen molar-refractivity contribution in [2.75, 3.05) is 4.90 Å². The molecule has 2 aromatic heterocycles. The Hall–Kier alpha value is -6.26. The van der Waals surface area contributed by atoms with E-state index in [1.807, 2.05) is 24.3 Å². The highest BCUT2D eigenvalue weighted by Crippen LogP contribution is 2.41. The van der Waals surface area contributed by atoms with E-state index >= 15 is 0 Å². The van der Waals surface area contributed by atoms with Crippen molar-refractivity contribution in [2.24, 2.45) is 0 Å². The summed E-state index contributed by atoms with van der Waals surface area (Å²) >= 11 is 0. The maximum Gasteiger partial charge on any atom is 0.166 e. The first kappa shape index (κ1) is 27.3. The zero-order chi connectivity index (χ0) is 30.7. The molecule has 2 heterocycles. The molecule has 0 radical (unpaired) electrons. The second-order valence-corrected chi connectivity index (χ2v) is 11.2. The van der Waals surface area contributed by atoms with Gasteiger partial charge in [-0.15, -0.1) is 0 Å². The Bertz CT molecular complexity index is 2190. The summed E-state index contributed by atoms with van der Waals surface area (Å²) in [6.07, 6.45) is 3.89. The third kappa shape index (κ3) is 5.12. The van der Waals surface area contributed by atoms with E-state index in [0.717, 1.165) is 50.6 Å². The van der Waals surface area contributed by atoms with Crippen LogP contribution in [0.2, 0.25) is 0 Å². The van der Waals surface area contributed by atoms with Crippen LogP contribution in [0.25, 0.3) is 50.1 Å². The van der Waals surface area contributed by atoms with Crippen LogP contribution in [0.15, 0.2) is 182 Å². The van der Waals surface area contributed by atoms with Gasteiger partial charge < -0.3 is 4.57 Å². The summed E-state index contributed by atoms with van der Waals surface area (Å²) in [5.74, 6) is 0.805. The van der Waals surface area contributed by atoms with Gasteiger partial charge in [0.2, 0.25) is 0 Å². The average molecular weight is 591 g/mol. The molecular weight excluding hydrogens is 560 g/mol. The van der Waals surface area contributed by atoms with E-state index in [0.29, 0.717) is 0 Å². The van der Waals surface area contributed by atoms with Crippen molar-refractivity contribution in [1.82, 2.24) is 14.5 Å². The number of fused-ring (bicyclic) bond motifs is 1. The molecule has 0 N–H and O–H groups in total. The lowest BCUT2D eigenvalue weighted by Crippen LogP contribution is -2.13. The highest BCUT2D eigenvalue weighted by molar-refractivity contribution is 6.02. The predicted molar refractivity (Wildman–Crippen MR) is 190 cm³/mol. The third-order valence-corrected chi connectivity index (χ3v) is 8.33. The molecule has 0 amide bonds. The molecule has 0 aliphatic rings. The van der Waals surface area contributed by atoms with Crippen molar-refractivity contribution in [3.8, 4) is 39.1 Å². The third-order valence-electron chi connectivity index (χ3n) is 8.33. The van der Waals surface area contributed by atoms with Crippen molar-refractivity contribution < 1.29 is 0 Å². The minimum absolute atomic E-state index is 0.805. The van der Waals surface area contributed by atoms with Gasteiger partial charge in [0, 0.05) is 28.8 Å². The molecule has 0 spiro atoms. The number of aromatic nitrogens is 3. The number of hydrogen-bond donors (Lipinski definition) is 0. The van der Waals surface area contributed by atoms with Crippen LogP contribution in [-0.2, 0) is 0 Å². The average Bonchev–Trinajstić information content (AvgIpc) is 3.54. The molecule has 0 atom stereocenters. The zero-order valence-corrected chi connectivity index (χ0v) is 25.1. The van der Waals surface area contributed by atoms with Crippen molar-refractivity contribution in [2.45, 2.75) is 0 Å². The zero-order valence-electron chi connectivity index (χ0n) is 25.1. The molecule has 0 aliphatic carbocycles. The van der Waals surface area contributed by atoms with Gasteiger partial charge >= 0.3 is 0 Å². The van der Waals surface area contributed by atoms with Crippen LogP contribution in [0.3, 0.4) is 0 Å². The minimum atomic E-state index is 0.805. The monoisotopic (exact) mass is 590 g/mol. The van der Waals surface area contributed by atoms with Gasteiger partial charge in [0.15, 0.2) is 5.82 Å². The van der Waals surface area contributed by atoms with E-state index in [-0.39, 0.29) is 0 Å². The van der Waals surface area contributed by atoms with Crippen molar-refractivity contribution in [3.63, 3.8) is 0 Å². The number of hydrogen-bond acceptors (Lipinski definition) is 3. The first-order valence-corrected chi connectivity index (χ1v) is 15.4. The van der Waals surface area contributed by atoms with Crippen LogP contribution in [0.5, 0.6) is 0 Å². The normalized spacial score (nSPS) is 11.0. The molecule has 6 aromatic carbocycles. The van der Waals surface area contributed by atoms with Crippen molar-refractivity contribution in [3.05, 3.63) is 182 Å². The van der Waals surface area contributed by atoms with E-state index in [4.69, 9.17) is 9.97 Å². The SMILES string of the molecule is c1ccc(-c2ccc(-c3cn(-c4cccc(-c5ccccc5)c4)c4c(N(c5ccccc5)c5ccccc5)ncnc34)cc2)cc1. The summed E-state index contributed by atoms with van der Waals surface area (Å²) in [7, 11) is 0. The number of nitrogens with zero attached hydrogens (tertiary/aromatic N) is 4. The fraction of sp³-hybridized carbons (Fsp3) is 0. The first-order valence-electron chi connectivity index (χ1n) is 15.4. The van der Waals surface area contributed by atoms with Gasteiger partial charge in [-0.25, -0.2) is 9.97 Å². The lowest BCUT2D eigenvalue weighted by molar-refractivity contribution is 1.08. The number of rotatable bonds is 7. The van der Waals surface area contributed by atoms with Gasteiger partial charge in [-0.1, -0.05) is 133 Å². The maximum atomic E-state index is 4.98. The summed E-state index contributed by atoms with van der Waals surface area (Å²) in [4.78, 5) is 12.1. The Labute approximate surface area is 268 Å². The summed E-state index contributed by atoms with van der Waals surface area (Å²) < 4.78 is 2.25. The Morgan fingerprint density at radius 1 is 0.435 bits per heavy atom. The molecule has 46 heavy (non-hydrogen) atoms. The fourth-order valence-corrected chi connectivity index (χ4v) is 6.11. The molecule has 0 saturated carbocycles. The van der Waals surface area contributed by atoms with E-state index in [9.17, 15) is 0 Å². The van der Waals surface area contributed by atoms with Crippen LogP contribution in [-0.4, -0.2) is 14.5 Å². The minimum Gasteiger partial charge on any atom is -0.311 e. The van der Waals surface area contributed by atoms with Crippen LogP contribution >= 0.6 is 0 Å². The second-order valence-electron chi connectivity index (χ2n) is 11.2. The Morgan fingerprint density at radius 2 is 0.935 bits per heavy atom. The second kappa shape index (κ2) is 12.0. The predicted octanol–water partition coefficient (Wildman–Crippen LogP) is 10.9. The summed E-state index contributed by atoms with van der Waals surface area (Å²) in [6.45, 7) is 0. The molecule has 0 aliphatic heterocycles. The molecule has 4 heteroatoms.